The number of hydrogen-bond acceptors (Lipinski definition) is 3. The predicted octanol–water partition coefficient (Wildman–Crippen LogP) is 2.53. The molecule has 0 radical (unpaired) electrons. The summed E-state index contributed by atoms with van der Waals surface area (Å²) in [5, 5.41) is 0.531. The normalized spacial score (nSPS) is 20.3. The Kier molecular flexibility index (Phi) is 5.92. The van der Waals surface area contributed by atoms with E-state index in [1.807, 2.05) is 0 Å². The summed E-state index contributed by atoms with van der Waals surface area (Å²) < 4.78 is 26.4. The number of nitrogens with two attached hydrogens (primary N) is 1. The van der Waals surface area contributed by atoms with E-state index in [1.165, 1.54) is 16.4 Å². The lowest BCUT2D eigenvalue weighted by Gasteiger charge is -2.23. The minimum atomic E-state index is -3.62. The lowest BCUT2D eigenvalue weighted by Crippen LogP contribution is -2.39. The molecule has 0 spiro atoms. The smallest absolute Gasteiger partial charge is 0.244 e. The van der Waals surface area contributed by atoms with E-state index >= 15 is 0 Å². The molecule has 1 atom stereocenters. The van der Waals surface area contributed by atoms with E-state index in [4.69, 9.17) is 28.9 Å². The monoisotopic (exact) mass is 344 g/mol. The van der Waals surface area contributed by atoms with E-state index in [0.29, 0.717) is 18.1 Å². The maximum absolute atomic E-state index is 12.5. The first-order valence-corrected chi connectivity index (χ1v) is 7.83. The van der Waals surface area contributed by atoms with Gasteiger partial charge in [-0.3, -0.25) is 0 Å². The highest BCUT2D eigenvalue weighted by atomic mass is 35.5. The summed E-state index contributed by atoms with van der Waals surface area (Å²) in [6.45, 7) is 0.796. The third-order valence-corrected chi connectivity index (χ3v) is 5.74. The largest absolute Gasteiger partial charge is 0.329 e. The summed E-state index contributed by atoms with van der Waals surface area (Å²) in [7, 11) is -3.62. The van der Waals surface area contributed by atoms with Gasteiger partial charge in [-0.1, -0.05) is 23.2 Å². The van der Waals surface area contributed by atoms with Crippen LogP contribution in [0.4, 0.5) is 0 Å². The quantitative estimate of drug-likeness (QED) is 0.915. The van der Waals surface area contributed by atoms with Crippen molar-refractivity contribution in [3.63, 3.8) is 0 Å². The average molecular weight is 346 g/mol. The zero-order valence-corrected chi connectivity index (χ0v) is 13.2. The molecule has 1 unspecified atom stereocenters. The van der Waals surface area contributed by atoms with Crippen LogP contribution in [0.25, 0.3) is 0 Å². The van der Waals surface area contributed by atoms with Crippen LogP contribution >= 0.6 is 35.6 Å². The highest BCUT2D eigenvalue weighted by Gasteiger charge is 2.35. The van der Waals surface area contributed by atoms with Gasteiger partial charge in [-0.05, 0) is 31.0 Å². The van der Waals surface area contributed by atoms with Gasteiger partial charge in [-0.25, -0.2) is 8.42 Å². The molecule has 1 aromatic rings. The number of halogens is 3. The predicted molar refractivity (Wildman–Crippen MR) is 79.7 cm³/mol. The molecule has 19 heavy (non-hydrogen) atoms. The van der Waals surface area contributed by atoms with Gasteiger partial charge in [0.05, 0.1) is 5.02 Å². The number of rotatable bonds is 3. The fourth-order valence-electron chi connectivity index (χ4n) is 2.16. The molecule has 1 heterocycles. The maximum atomic E-state index is 12.5. The fraction of sp³-hybridized carbons (Fsp3) is 0.455. The molecule has 1 fully saturated rings. The SMILES string of the molecule is Cl.NCC1CCCN1S(=O)(=O)c1cc(Cl)ccc1Cl. The molecule has 1 aromatic carbocycles. The number of benzene rings is 1. The van der Waals surface area contributed by atoms with Gasteiger partial charge in [0.15, 0.2) is 0 Å². The molecular formula is C11H15Cl3N2O2S. The van der Waals surface area contributed by atoms with E-state index < -0.39 is 10.0 Å². The molecule has 0 aromatic heterocycles. The standard InChI is InChI=1S/C11H14Cl2N2O2S.ClH/c12-8-3-4-10(13)11(6-8)18(16,17)15-5-1-2-9(15)7-14;/h3-4,6,9H,1-2,5,7,14H2;1H. The Labute approximate surface area is 129 Å². The van der Waals surface area contributed by atoms with Crippen LogP contribution in [0, 0.1) is 0 Å². The van der Waals surface area contributed by atoms with Gasteiger partial charge in [0, 0.05) is 24.2 Å². The van der Waals surface area contributed by atoms with Crippen molar-refractivity contribution >= 4 is 45.6 Å². The molecule has 4 nitrogen and oxygen atoms in total. The van der Waals surface area contributed by atoms with E-state index in [2.05, 4.69) is 0 Å². The molecule has 108 valence electrons. The number of sulfonamides is 1. The van der Waals surface area contributed by atoms with Crippen LogP contribution in [0.3, 0.4) is 0 Å². The van der Waals surface area contributed by atoms with Crippen LogP contribution in [0.5, 0.6) is 0 Å². The molecule has 0 saturated carbocycles. The van der Waals surface area contributed by atoms with Crippen molar-refractivity contribution in [1.82, 2.24) is 4.31 Å². The first-order chi connectivity index (χ1) is 8.46. The molecular weight excluding hydrogens is 331 g/mol. The van der Waals surface area contributed by atoms with Crippen molar-refractivity contribution in [3.8, 4) is 0 Å². The van der Waals surface area contributed by atoms with Crippen LogP contribution in [-0.2, 0) is 10.0 Å². The Hall–Kier alpha value is -0.0400. The first kappa shape index (κ1) is 17.0. The summed E-state index contributed by atoms with van der Waals surface area (Å²) in [5.41, 5.74) is 5.60. The van der Waals surface area contributed by atoms with E-state index in [1.54, 1.807) is 6.07 Å². The minimum absolute atomic E-state index is 0. The van der Waals surface area contributed by atoms with E-state index in [-0.39, 0.29) is 28.4 Å². The van der Waals surface area contributed by atoms with Gasteiger partial charge in [-0.15, -0.1) is 12.4 Å². The first-order valence-electron chi connectivity index (χ1n) is 5.64. The molecule has 0 amide bonds. The molecule has 8 heteroatoms. The molecule has 0 aliphatic carbocycles. The Bertz CT molecular complexity index is 551. The van der Waals surface area contributed by atoms with Crippen molar-refractivity contribution in [1.29, 1.82) is 0 Å². The summed E-state index contributed by atoms with van der Waals surface area (Å²) in [4.78, 5) is 0.0528. The molecule has 2 rings (SSSR count). The zero-order valence-electron chi connectivity index (χ0n) is 10.1. The van der Waals surface area contributed by atoms with Crippen LogP contribution < -0.4 is 5.73 Å². The molecule has 1 saturated heterocycles. The second-order valence-electron chi connectivity index (χ2n) is 4.22. The van der Waals surface area contributed by atoms with Gasteiger partial charge in [0.1, 0.15) is 4.90 Å². The third-order valence-electron chi connectivity index (χ3n) is 3.08. The van der Waals surface area contributed by atoms with Crippen LogP contribution in [0.15, 0.2) is 23.1 Å². The molecule has 1 aliphatic heterocycles. The van der Waals surface area contributed by atoms with Gasteiger partial charge in [0.2, 0.25) is 10.0 Å². The zero-order chi connectivity index (χ0) is 13.3. The van der Waals surface area contributed by atoms with Crippen molar-refractivity contribution in [2.45, 2.75) is 23.8 Å². The van der Waals surface area contributed by atoms with Crippen LogP contribution in [-0.4, -0.2) is 31.9 Å². The van der Waals surface area contributed by atoms with Crippen LogP contribution in [0.2, 0.25) is 10.0 Å². The van der Waals surface area contributed by atoms with Gasteiger partial charge >= 0.3 is 0 Å². The van der Waals surface area contributed by atoms with E-state index in [9.17, 15) is 8.42 Å². The minimum Gasteiger partial charge on any atom is -0.329 e. The fourth-order valence-corrected chi connectivity index (χ4v) is 4.61. The number of hydrogen-bond donors (Lipinski definition) is 1. The Morgan fingerprint density at radius 3 is 2.68 bits per heavy atom. The second kappa shape index (κ2) is 6.61. The van der Waals surface area contributed by atoms with Gasteiger partial charge in [-0.2, -0.15) is 4.31 Å². The van der Waals surface area contributed by atoms with E-state index in [0.717, 1.165) is 12.8 Å². The van der Waals surface area contributed by atoms with Gasteiger partial charge in [0.25, 0.3) is 0 Å². The summed E-state index contributed by atoms with van der Waals surface area (Å²) in [6, 6.07) is 4.29. The summed E-state index contributed by atoms with van der Waals surface area (Å²) >= 11 is 11.8. The molecule has 0 bridgehead atoms. The average Bonchev–Trinajstić information content (AvgIpc) is 2.81. The maximum Gasteiger partial charge on any atom is 0.244 e. The Morgan fingerprint density at radius 1 is 1.37 bits per heavy atom. The highest BCUT2D eigenvalue weighted by Crippen LogP contribution is 2.31. The van der Waals surface area contributed by atoms with Crippen molar-refractivity contribution < 1.29 is 8.42 Å². The van der Waals surface area contributed by atoms with Gasteiger partial charge < -0.3 is 5.73 Å². The Balaban J connectivity index is 0.00000180. The second-order valence-corrected chi connectivity index (χ2v) is 6.92. The Morgan fingerprint density at radius 2 is 2.05 bits per heavy atom. The molecule has 2 N–H and O–H groups in total. The van der Waals surface area contributed by atoms with Crippen molar-refractivity contribution in [3.05, 3.63) is 28.2 Å². The molecule has 1 aliphatic rings. The van der Waals surface area contributed by atoms with Crippen molar-refractivity contribution in [2.75, 3.05) is 13.1 Å². The lowest BCUT2D eigenvalue weighted by molar-refractivity contribution is 0.393. The topological polar surface area (TPSA) is 63.4 Å². The van der Waals surface area contributed by atoms with Crippen LogP contribution in [0.1, 0.15) is 12.8 Å². The lowest BCUT2D eigenvalue weighted by atomic mass is 10.2. The highest BCUT2D eigenvalue weighted by molar-refractivity contribution is 7.89. The summed E-state index contributed by atoms with van der Waals surface area (Å²) in [5.74, 6) is 0. The third kappa shape index (κ3) is 3.35. The number of nitrogens with zero attached hydrogens (tertiary/aromatic N) is 1. The summed E-state index contributed by atoms with van der Waals surface area (Å²) in [6.07, 6.45) is 1.60. The van der Waals surface area contributed by atoms with Crippen molar-refractivity contribution in [2.24, 2.45) is 5.73 Å².